The fourth-order valence-electron chi connectivity index (χ4n) is 3.09. The average Bonchev–Trinajstić information content (AvgIpc) is 3.03. The second-order valence-corrected chi connectivity index (χ2v) is 5.56. The maximum absolute atomic E-state index is 11.4. The molecule has 1 aromatic heterocycles. The van der Waals surface area contributed by atoms with Crippen LogP contribution in [0.4, 0.5) is 0 Å². The van der Waals surface area contributed by atoms with E-state index in [9.17, 15) is 9.90 Å². The summed E-state index contributed by atoms with van der Waals surface area (Å²) in [6.07, 6.45) is 1.14. The molecule has 1 aliphatic heterocycles. The molecular weight excluding hydrogens is 270 g/mol. The molecule has 0 bridgehead atoms. The van der Waals surface area contributed by atoms with Gasteiger partial charge in [0.2, 0.25) is 5.76 Å². The highest BCUT2D eigenvalue weighted by Gasteiger charge is 2.30. The van der Waals surface area contributed by atoms with E-state index in [0.717, 1.165) is 24.0 Å². The molecule has 2 aromatic rings. The normalized spacial score (nSPS) is 22.2. The molecule has 0 aliphatic carbocycles. The van der Waals surface area contributed by atoms with Gasteiger partial charge >= 0.3 is 5.97 Å². The molecule has 3 rings (SSSR count). The smallest absolute Gasteiger partial charge is 0.372 e. The van der Waals surface area contributed by atoms with Crippen LogP contribution >= 0.6 is 0 Å². The molecule has 2 heterocycles. The third kappa shape index (κ3) is 2.54. The van der Waals surface area contributed by atoms with Crippen molar-refractivity contribution in [3.05, 3.63) is 35.6 Å². The van der Waals surface area contributed by atoms with Crippen LogP contribution < -0.4 is 0 Å². The minimum absolute atomic E-state index is 0.0367. The van der Waals surface area contributed by atoms with Crippen LogP contribution in [0.2, 0.25) is 0 Å². The summed E-state index contributed by atoms with van der Waals surface area (Å²) in [4.78, 5) is 13.6. The number of ether oxygens (including phenoxy) is 1. The molecule has 2 unspecified atom stereocenters. The lowest BCUT2D eigenvalue weighted by molar-refractivity contribution is 0.0657. The minimum Gasteiger partial charge on any atom is -0.475 e. The van der Waals surface area contributed by atoms with E-state index in [1.807, 2.05) is 25.2 Å². The summed E-state index contributed by atoms with van der Waals surface area (Å²) >= 11 is 0. The number of likely N-dealkylation sites (N-methyl/N-ethyl adjacent to an activating group) is 1. The molecule has 1 fully saturated rings. The van der Waals surface area contributed by atoms with E-state index in [-0.39, 0.29) is 11.9 Å². The van der Waals surface area contributed by atoms with E-state index in [1.54, 1.807) is 6.07 Å². The lowest BCUT2D eigenvalue weighted by atomic mass is 10.1. The van der Waals surface area contributed by atoms with Crippen molar-refractivity contribution in [1.29, 1.82) is 0 Å². The zero-order valence-corrected chi connectivity index (χ0v) is 12.2. The molecule has 0 saturated carbocycles. The highest BCUT2D eigenvalue weighted by molar-refractivity contribution is 5.95. The van der Waals surface area contributed by atoms with E-state index in [1.165, 1.54) is 0 Å². The SMILES string of the molecule is CC1OCCC1N(C)Cc1c(C(=O)O)oc2ccccc12. The largest absolute Gasteiger partial charge is 0.475 e. The second kappa shape index (κ2) is 5.50. The Morgan fingerprint density at radius 1 is 1.43 bits per heavy atom. The van der Waals surface area contributed by atoms with Crippen molar-refractivity contribution in [2.45, 2.75) is 32.0 Å². The lowest BCUT2D eigenvalue weighted by Gasteiger charge is -2.26. The van der Waals surface area contributed by atoms with Crippen LogP contribution in [0.3, 0.4) is 0 Å². The van der Waals surface area contributed by atoms with Crippen LogP contribution in [0.25, 0.3) is 11.0 Å². The van der Waals surface area contributed by atoms with Gasteiger partial charge in [-0.15, -0.1) is 0 Å². The Morgan fingerprint density at radius 3 is 2.86 bits per heavy atom. The van der Waals surface area contributed by atoms with Crippen molar-refractivity contribution < 1.29 is 19.1 Å². The van der Waals surface area contributed by atoms with Gasteiger partial charge < -0.3 is 14.3 Å². The van der Waals surface area contributed by atoms with Crippen molar-refractivity contribution in [1.82, 2.24) is 4.90 Å². The van der Waals surface area contributed by atoms with Gasteiger partial charge in [0, 0.05) is 30.1 Å². The summed E-state index contributed by atoms with van der Waals surface area (Å²) in [7, 11) is 2.00. The summed E-state index contributed by atoms with van der Waals surface area (Å²) in [6, 6.07) is 7.75. The zero-order valence-electron chi connectivity index (χ0n) is 12.2. The number of fused-ring (bicyclic) bond motifs is 1. The van der Waals surface area contributed by atoms with Gasteiger partial charge in [0.05, 0.1) is 6.10 Å². The quantitative estimate of drug-likeness (QED) is 0.937. The lowest BCUT2D eigenvalue weighted by Crippen LogP contribution is -2.36. The predicted molar refractivity (Wildman–Crippen MR) is 78.5 cm³/mol. The van der Waals surface area contributed by atoms with Crippen molar-refractivity contribution in [2.75, 3.05) is 13.7 Å². The van der Waals surface area contributed by atoms with Crippen LogP contribution in [-0.4, -0.2) is 41.8 Å². The van der Waals surface area contributed by atoms with Gasteiger partial charge in [-0.1, -0.05) is 18.2 Å². The first-order chi connectivity index (χ1) is 10.1. The first-order valence-electron chi connectivity index (χ1n) is 7.13. The van der Waals surface area contributed by atoms with E-state index in [2.05, 4.69) is 11.8 Å². The summed E-state index contributed by atoms with van der Waals surface area (Å²) in [5, 5.41) is 10.2. The van der Waals surface area contributed by atoms with Crippen molar-refractivity contribution in [3.8, 4) is 0 Å². The summed E-state index contributed by atoms with van der Waals surface area (Å²) < 4.78 is 11.1. The molecule has 112 valence electrons. The molecule has 1 aliphatic rings. The second-order valence-electron chi connectivity index (χ2n) is 5.56. The molecular formula is C16H19NO4. The number of carboxylic acid groups (broad SMARTS) is 1. The van der Waals surface area contributed by atoms with Gasteiger partial charge in [-0.25, -0.2) is 4.79 Å². The van der Waals surface area contributed by atoms with Crippen LogP contribution in [0, 0.1) is 0 Å². The number of aromatic carboxylic acids is 1. The Labute approximate surface area is 123 Å². The topological polar surface area (TPSA) is 62.9 Å². The van der Waals surface area contributed by atoms with Crippen molar-refractivity contribution in [2.24, 2.45) is 0 Å². The van der Waals surface area contributed by atoms with Crippen LogP contribution in [0.5, 0.6) is 0 Å². The number of hydrogen-bond donors (Lipinski definition) is 1. The Kier molecular flexibility index (Phi) is 3.69. The number of furan rings is 1. The molecule has 1 saturated heterocycles. The Hall–Kier alpha value is -1.85. The first kappa shape index (κ1) is 14.1. The molecule has 21 heavy (non-hydrogen) atoms. The summed E-state index contributed by atoms with van der Waals surface area (Å²) in [5.74, 6) is -0.986. The third-order valence-corrected chi connectivity index (χ3v) is 4.20. The van der Waals surface area contributed by atoms with Crippen molar-refractivity contribution >= 4 is 16.9 Å². The highest BCUT2D eigenvalue weighted by Crippen LogP contribution is 2.29. The molecule has 2 atom stereocenters. The minimum atomic E-state index is -1.02. The van der Waals surface area contributed by atoms with E-state index in [0.29, 0.717) is 18.2 Å². The van der Waals surface area contributed by atoms with E-state index < -0.39 is 5.97 Å². The van der Waals surface area contributed by atoms with Gasteiger partial charge in [-0.2, -0.15) is 0 Å². The molecule has 5 nitrogen and oxygen atoms in total. The molecule has 1 N–H and O–H groups in total. The number of hydrogen-bond acceptors (Lipinski definition) is 4. The predicted octanol–water partition coefficient (Wildman–Crippen LogP) is 2.74. The maximum atomic E-state index is 11.4. The summed E-state index contributed by atoms with van der Waals surface area (Å²) in [6.45, 7) is 3.35. The number of benzene rings is 1. The highest BCUT2D eigenvalue weighted by atomic mass is 16.5. The Bertz CT molecular complexity index is 663. The molecule has 1 aromatic carbocycles. The molecule has 0 amide bonds. The standard InChI is InChI=1S/C16H19NO4/c1-10-13(7-8-20-10)17(2)9-12-11-5-3-4-6-14(11)21-15(12)16(18)19/h3-6,10,13H,7-9H2,1-2H3,(H,18,19). The Balaban J connectivity index is 1.95. The number of nitrogens with zero attached hydrogens (tertiary/aromatic N) is 1. The first-order valence-corrected chi connectivity index (χ1v) is 7.13. The monoisotopic (exact) mass is 289 g/mol. The van der Waals surface area contributed by atoms with Crippen LogP contribution in [-0.2, 0) is 11.3 Å². The van der Waals surface area contributed by atoms with Gasteiger partial charge in [-0.05, 0) is 26.5 Å². The molecule has 0 radical (unpaired) electrons. The zero-order chi connectivity index (χ0) is 15.0. The van der Waals surface area contributed by atoms with Gasteiger partial charge in [-0.3, -0.25) is 4.90 Å². The number of para-hydroxylation sites is 1. The number of carbonyl (C=O) groups is 1. The van der Waals surface area contributed by atoms with E-state index >= 15 is 0 Å². The number of rotatable bonds is 4. The fourth-order valence-corrected chi connectivity index (χ4v) is 3.09. The van der Waals surface area contributed by atoms with Gasteiger partial charge in [0.1, 0.15) is 5.58 Å². The fraction of sp³-hybridized carbons (Fsp3) is 0.438. The average molecular weight is 289 g/mol. The maximum Gasteiger partial charge on any atom is 0.372 e. The molecule has 0 spiro atoms. The summed E-state index contributed by atoms with van der Waals surface area (Å²) in [5.41, 5.74) is 1.36. The number of carboxylic acids is 1. The van der Waals surface area contributed by atoms with Crippen molar-refractivity contribution in [3.63, 3.8) is 0 Å². The molecule has 5 heteroatoms. The third-order valence-electron chi connectivity index (χ3n) is 4.20. The van der Waals surface area contributed by atoms with E-state index in [4.69, 9.17) is 9.15 Å². The Morgan fingerprint density at radius 2 is 2.19 bits per heavy atom. The van der Waals surface area contributed by atoms with Gasteiger partial charge in [0.25, 0.3) is 0 Å². The van der Waals surface area contributed by atoms with Crippen LogP contribution in [0.15, 0.2) is 28.7 Å². The van der Waals surface area contributed by atoms with Gasteiger partial charge in [0.15, 0.2) is 0 Å². The van der Waals surface area contributed by atoms with Crippen LogP contribution in [0.1, 0.15) is 29.5 Å².